The molecule has 0 N–H and O–H groups in total. The number of allylic oxidation sites excluding steroid dienone is 7. The van der Waals surface area contributed by atoms with Crippen LogP contribution in [0.25, 0.3) is 11.1 Å². The van der Waals surface area contributed by atoms with Crippen molar-refractivity contribution in [2.45, 2.75) is 165 Å². The van der Waals surface area contributed by atoms with Gasteiger partial charge in [-0.25, -0.2) is 0 Å². The number of hydrogen-bond acceptors (Lipinski definition) is 0. The summed E-state index contributed by atoms with van der Waals surface area (Å²) in [5, 5.41) is 0. The molecule has 54 heavy (non-hydrogen) atoms. The number of rotatable bonds is 8. The number of benzene rings is 3. The quantitative estimate of drug-likeness (QED) is 0.202. The van der Waals surface area contributed by atoms with Crippen molar-refractivity contribution in [2.75, 3.05) is 0 Å². The van der Waals surface area contributed by atoms with E-state index in [2.05, 4.69) is 203 Å². The van der Waals surface area contributed by atoms with Crippen LogP contribution in [0.2, 0.25) is 0 Å². The molecule has 1 atom stereocenters. The van der Waals surface area contributed by atoms with Crippen LogP contribution in [0, 0.1) is 39.0 Å². The predicted molar refractivity (Wildman–Crippen MR) is 259 cm³/mol. The van der Waals surface area contributed by atoms with Crippen molar-refractivity contribution in [3.63, 3.8) is 0 Å². The van der Waals surface area contributed by atoms with Gasteiger partial charge in [-0.3, -0.25) is 0 Å². The van der Waals surface area contributed by atoms with Crippen LogP contribution in [0.15, 0.2) is 104 Å². The van der Waals surface area contributed by atoms with Gasteiger partial charge in [0.1, 0.15) is 0 Å². The molecule has 0 saturated carbocycles. The fraction of sp³-hybridized carbons (Fsp3) is 0.481. The highest BCUT2D eigenvalue weighted by Crippen LogP contribution is 2.40. The first-order valence-corrected chi connectivity index (χ1v) is 18.0. The summed E-state index contributed by atoms with van der Waals surface area (Å²) in [5.74, 6) is 0.799. The molecule has 0 aliphatic rings. The third-order valence-corrected chi connectivity index (χ3v) is 9.73. The minimum Gasteiger partial charge on any atom is -0.0991 e. The third kappa shape index (κ3) is 18.1. The molecule has 0 amide bonds. The molecular formula is C54H90. The van der Waals surface area contributed by atoms with Gasteiger partial charge in [0.15, 0.2) is 0 Å². The first-order valence-electron chi connectivity index (χ1n) is 18.0. The van der Waals surface area contributed by atoms with Crippen molar-refractivity contribution >= 4 is 11.1 Å². The first kappa shape index (κ1) is 59.6. The molecule has 0 fully saturated rings. The second kappa shape index (κ2) is 25.4. The Morgan fingerprint density at radius 1 is 0.667 bits per heavy atom. The fourth-order valence-corrected chi connectivity index (χ4v) is 5.73. The van der Waals surface area contributed by atoms with Crippen LogP contribution in [0.1, 0.15) is 177 Å². The van der Waals surface area contributed by atoms with Crippen LogP contribution in [0.5, 0.6) is 0 Å². The van der Waals surface area contributed by atoms with Gasteiger partial charge in [0, 0.05) is 5.41 Å². The normalized spacial score (nSPS) is 12.0. The Morgan fingerprint density at radius 2 is 1.15 bits per heavy atom. The molecule has 0 aliphatic carbocycles. The lowest BCUT2D eigenvalue weighted by atomic mass is 9.70. The highest BCUT2D eigenvalue weighted by Gasteiger charge is 2.30. The van der Waals surface area contributed by atoms with Gasteiger partial charge < -0.3 is 0 Å². The molecule has 0 saturated heterocycles. The van der Waals surface area contributed by atoms with Crippen molar-refractivity contribution in [1.29, 1.82) is 0 Å². The highest BCUT2D eigenvalue weighted by molar-refractivity contribution is 5.66. The maximum absolute atomic E-state index is 4.19. The fourth-order valence-electron chi connectivity index (χ4n) is 5.73. The van der Waals surface area contributed by atoms with Gasteiger partial charge in [-0.05, 0) is 116 Å². The SMILES string of the molecule is C.C.C.C.C.C=C(C)c1ccc(C)c(C(C)(C)C)c1.C=C/C=C(\C=C/C)CC(C)(c1cc(C)cc(C)c1)c1ccc(C)c(C(=C)C)c1.CC(C)C(C)(C)C. The third-order valence-electron chi connectivity index (χ3n) is 9.73. The zero-order chi connectivity index (χ0) is 37.9. The lowest BCUT2D eigenvalue weighted by Crippen LogP contribution is -2.25. The van der Waals surface area contributed by atoms with Crippen LogP contribution < -0.4 is 0 Å². The molecule has 0 heteroatoms. The maximum Gasteiger partial charge on any atom is 0.0215 e. The molecule has 0 nitrogen and oxygen atoms in total. The molecule has 306 valence electrons. The predicted octanol–water partition coefficient (Wildman–Crippen LogP) is 18.2. The average Bonchev–Trinajstić information content (AvgIpc) is 2.96. The van der Waals surface area contributed by atoms with Gasteiger partial charge in [-0.15, -0.1) is 0 Å². The molecule has 0 radical (unpaired) electrons. The van der Waals surface area contributed by atoms with Crippen molar-refractivity contribution in [3.8, 4) is 0 Å². The van der Waals surface area contributed by atoms with Gasteiger partial charge in [0.2, 0.25) is 0 Å². The molecule has 3 aromatic carbocycles. The van der Waals surface area contributed by atoms with Crippen LogP contribution >= 0.6 is 0 Å². The Labute approximate surface area is 340 Å². The van der Waals surface area contributed by atoms with E-state index in [4.69, 9.17) is 0 Å². The van der Waals surface area contributed by atoms with Crippen molar-refractivity contribution < 1.29 is 0 Å². The lowest BCUT2D eigenvalue weighted by Gasteiger charge is -2.33. The molecule has 3 rings (SSSR count). The van der Waals surface area contributed by atoms with E-state index in [1.54, 1.807) is 0 Å². The summed E-state index contributed by atoms with van der Waals surface area (Å²) in [6.07, 6.45) is 9.20. The average molecular weight is 739 g/mol. The largest absolute Gasteiger partial charge is 0.0991 e. The van der Waals surface area contributed by atoms with Gasteiger partial charge in [-0.1, -0.05) is 220 Å². The van der Waals surface area contributed by atoms with E-state index in [9.17, 15) is 0 Å². The topological polar surface area (TPSA) is 0 Å². The minimum atomic E-state index is -0.150. The lowest BCUT2D eigenvalue weighted by molar-refractivity contribution is 0.283. The van der Waals surface area contributed by atoms with Crippen molar-refractivity contribution in [3.05, 3.63) is 154 Å². The van der Waals surface area contributed by atoms with Gasteiger partial charge in [0.25, 0.3) is 0 Å². The molecule has 1 unspecified atom stereocenters. The van der Waals surface area contributed by atoms with Crippen LogP contribution in [0.4, 0.5) is 0 Å². The molecular weight excluding hydrogens is 649 g/mol. The minimum absolute atomic E-state index is 0. The van der Waals surface area contributed by atoms with Crippen LogP contribution in [-0.2, 0) is 10.8 Å². The summed E-state index contributed by atoms with van der Waals surface area (Å²) in [6.45, 7) is 47.4. The Bertz CT molecular complexity index is 1610. The standard InChI is InChI=1S/C28H34.C14H20.C7H16.5CH4/c1-9-11-24(12-10-2)19-28(8,26-16-21(5)15-22(6)17-26)25-14-13-23(7)27(18-25)20(3)4;1-10(2)12-8-7-11(3)13(9-12)14(4,5)6;1-6(2)7(3,4)5;;;;;/h9-18H,1,3,19H2,2,4-8H3;7-9H,1H2,2-6H3;6H,1-5H3;5*1H4/b12-10-,24-11+;;;;;;;. The van der Waals surface area contributed by atoms with E-state index in [1.165, 1.54) is 55.6 Å². The zero-order valence-corrected chi connectivity index (χ0v) is 34.4. The first-order chi connectivity index (χ1) is 22.5. The number of hydrogen-bond donors (Lipinski definition) is 0. The van der Waals surface area contributed by atoms with E-state index >= 15 is 0 Å². The van der Waals surface area contributed by atoms with Crippen molar-refractivity contribution in [2.24, 2.45) is 11.3 Å². The van der Waals surface area contributed by atoms with E-state index in [0.29, 0.717) is 5.41 Å². The van der Waals surface area contributed by atoms with Crippen LogP contribution in [-0.4, -0.2) is 0 Å². The Hall–Kier alpha value is -3.64. The molecule has 0 aliphatic heterocycles. The smallest absolute Gasteiger partial charge is 0.0215 e. The van der Waals surface area contributed by atoms with Gasteiger partial charge >= 0.3 is 0 Å². The molecule has 0 spiro atoms. The zero-order valence-electron chi connectivity index (χ0n) is 34.4. The van der Waals surface area contributed by atoms with E-state index < -0.39 is 0 Å². The van der Waals surface area contributed by atoms with Gasteiger partial charge in [0.05, 0.1) is 0 Å². The molecule has 0 heterocycles. The summed E-state index contributed by atoms with van der Waals surface area (Å²) < 4.78 is 0. The Kier molecular flexibility index (Phi) is 28.1. The van der Waals surface area contributed by atoms with E-state index in [0.717, 1.165) is 23.5 Å². The maximum atomic E-state index is 4.19. The molecule has 3 aromatic rings. The summed E-state index contributed by atoms with van der Waals surface area (Å²) in [4.78, 5) is 0. The molecule has 0 aromatic heterocycles. The van der Waals surface area contributed by atoms with Crippen molar-refractivity contribution in [1.82, 2.24) is 0 Å². The Morgan fingerprint density at radius 3 is 1.54 bits per heavy atom. The monoisotopic (exact) mass is 739 g/mol. The second-order valence-corrected chi connectivity index (χ2v) is 16.8. The molecule has 0 bridgehead atoms. The van der Waals surface area contributed by atoms with Gasteiger partial charge in [-0.2, -0.15) is 0 Å². The number of aryl methyl sites for hydroxylation is 4. The summed E-state index contributed by atoms with van der Waals surface area (Å²) in [7, 11) is 0. The second-order valence-electron chi connectivity index (χ2n) is 16.8. The summed E-state index contributed by atoms with van der Waals surface area (Å²) in [5.41, 5.74) is 15.9. The van der Waals surface area contributed by atoms with Crippen LogP contribution in [0.3, 0.4) is 0 Å². The van der Waals surface area contributed by atoms with E-state index in [1.807, 2.05) is 6.08 Å². The highest BCUT2D eigenvalue weighted by atomic mass is 14.3. The Balaban J connectivity index is -0.000000260. The summed E-state index contributed by atoms with van der Waals surface area (Å²) in [6, 6.07) is 20.3. The van der Waals surface area contributed by atoms with E-state index in [-0.39, 0.29) is 48.0 Å². The summed E-state index contributed by atoms with van der Waals surface area (Å²) >= 11 is 0.